The molecule has 22 heavy (non-hydrogen) atoms. The standard InChI is InChI=1S/C17H20N2O3/c1-11-6-7-18-9-14(11)10-19-12(2)13-4-5-16(22-3)15(8-13)17(20)21/h4-9,12,19H,10H2,1-3H3,(H,20,21)/t12-/m0/s1. The quantitative estimate of drug-likeness (QED) is 0.858. The summed E-state index contributed by atoms with van der Waals surface area (Å²) in [5.74, 6) is -0.624. The maximum atomic E-state index is 11.3. The molecule has 2 aromatic rings. The number of carboxylic acids is 1. The van der Waals surface area contributed by atoms with E-state index in [0.29, 0.717) is 12.3 Å². The summed E-state index contributed by atoms with van der Waals surface area (Å²) < 4.78 is 5.08. The van der Waals surface area contributed by atoms with Gasteiger partial charge in [-0.3, -0.25) is 4.98 Å². The molecule has 5 heteroatoms. The van der Waals surface area contributed by atoms with E-state index in [-0.39, 0.29) is 11.6 Å². The number of benzene rings is 1. The van der Waals surface area contributed by atoms with Crippen molar-refractivity contribution in [3.63, 3.8) is 0 Å². The van der Waals surface area contributed by atoms with E-state index in [4.69, 9.17) is 4.74 Å². The highest BCUT2D eigenvalue weighted by Gasteiger charge is 2.14. The van der Waals surface area contributed by atoms with Crippen molar-refractivity contribution in [2.24, 2.45) is 0 Å². The van der Waals surface area contributed by atoms with Crippen molar-refractivity contribution in [3.05, 3.63) is 58.9 Å². The van der Waals surface area contributed by atoms with Crippen LogP contribution in [0.15, 0.2) is 36.7 Å². The van der Waals surface area contributed by atoms with Gasteiger partial charge in [0.2, 0.25) is 0 Å². The maximum absolute atomic E-state index is 11.3. The average Bonchev–Trinajstić information content (AvgIpc) is 2.53. The van der Waals surface area contributed by atoms with Gasteiger partial charge in [-0.15, -0.1) is 0 Å². The smallest absolute Gasteiger partial charge is 0.339 e. The zero-order valence-corrected chi connectivity index (χ0v) is 13.0. The molecule has 0 aliphatic heterocycles. The van der Waals surface area contributed by atoms with Gasteiger partial charge in [0.1, 0.15) is 11.3 Å². The van der Waals surface area contributed by atoms with Gasteiger partial charge in [0.05, 0.1) is 7.11 Å². The monoisotopic (exact) mass is 300 g/mol. The van der Waals surface area contributed by atoms with Crippen LogP contribution in [0, 0.1) is 6.92 Å². The molecule has 2 rings (SSSR count). The lowest BCUT2D eigenvalue weighted by Gasteiger charge is -2.16. The highest BCUT2D eigenvalue weighted by atomic mass is 16.5. The number of hydrogen-bond donors (Lipinski definition) is 2. The Kier molecular flexibility index (Phi) is 5.12. The Morgan fingerprint density at radius 1 is 1.41 bits per heavy atom. The van der Waals surface area contributed by atoms with Crippen LogP contribution in [0.4, 0.5) is 0 Å². The number of rotatable bonds is 6. The Morgan fingerprint density at radius 2 is 2.18 bits per heavy atom. The molecule has 0 amide bonds. The Bertz CT molecular complexity index is 671. The van der Waals surface area contributed by atoms with E-state index >= 15 is 0 Å². The number of methoxy groups -OCH3 is 1. The van der Waals surface area contributed by atoms with Crippen LogP contribution in [0.5, 0.6) is 5.75 Å². The minimum Gasteiger partial charge on any atom is -0.496 e. The van der Waals surface area contributed by atoms with Gasteiger partial charge < -0.3 is 15.2 Å². The summed E-state index contributed by atoms with van der Waals surface area (Å²) in [5.41, 5.74) is 3.38. The number of aryl methyl sites for hydroxylation is 1. The number of aromatic carboxylic acids is 1. The molecule has 0 spiro atoms. The van der Waals surface area contributed by atoms with E-state index in [0.717, 1.165) is 11.1 Å². The molecule has 0 aliphatic carbocycles. The van der Waals surface area contributed by atoms with E-state index in [2.05, 4.69) is 10.3 Å². The predicted octanol–water partition coefficient (Wildman–Crippen LogP) is 2.95. The van der Waals surface area contributed by atoms with Crippen LogP contribution in [-0.2, 0) is 6.54 Å². The molecular formula is C17H20N2O3. The Balaban J connectivity index is 2.13. The minimum atomic E-state index is -0.992. The molecule has 5 nitrogen and oxygen atoms in total. The van der Waals surface area contributed by atoms with Crippen LogP contribution in [0.3, 0.4) is 0 Å². The Morgan fingerprint density at radius 3 is 2.82 bits per heavy atom. The van der Waals surface area contributed by atoms with Crippen molar-refractivity contribution >= 4 is 5.97 Å². The molecule has 0 fully saturated rings. The van der Waals surface area contributed by atoms with Gasteiger partial charge in [0, 0.05) is 25.0 Å². The molecule has 1 atom stereocenters. The number of nitrogens with zero attached hydrogens (tertiary/aromatic N) is 1. The Hall–Kier alpha value is -2.40. The average molecular weight is 300 g/mol. The van der Waals surface area contributed by atoms with Crippen LogP contribution < -0.4 is 10.1 Å². The van der Waals surface area contributed by atoms with E-state index in [9.17, 15) is 9.90 Å². The van der Waals surface area contributed by atoms with E-state index in [1.165, 1.54) is 12.7 Å². The van der Waals surface area contributed by atoms with Gasteiger partial charge in [-0.1, -0.05) is 6.07 Å². The highest BCUT2D eigenvalue weighted by molar-refractivity contribution is 5.91. The van der Waals surface area contributed by atoms with E-state index < -0.39 is 5.97 Å². The van der Waals surface area contributed by atoms with Gasteiger partial charge in [-0.2, -0.15) is 0 Å². The maximum Gasteiger partial charge on any atom is 0.339 e. The van der Waals surface area contributed by atoms with Gasteiger partial charge in [0.15, 0.2) is 0 Å². The summed E-state index contributed by atoms with van der Waals surface area (Å²) in [4.78, 5) is 15.4. The number of aromatic nitrogens is 1. The second kappa shape index (κ2) is 7.04. The van der Waals surface area contributed by atoms with Crippen molar-refractivity contribution < 1.29 is 14.6 Å². The third kappa shape index (κ3) is 3.62. The number of carboxylic acid groups (broad SMARTS) is 1. The second-order valence-corrected chi connectivity index (χ2v) is 5.17. The van der Waals surface area contributed by atoms with Gasteiger partial charge in [0.25, 0.3) is 0 Å². The lowest BCUT2D eigenvalue weighted by Crippen LogP contribution is -2.19. The number of ether oxygens (including phenoxy) is 1. The lowest BCUT2D eigenvalue weighted by atomic mass is 10.0. The molecule has 0 aliphatic rings. The minimum absolute atomic E-state index is 0.0172. The molecule has 2 N–H and O–H groups in total. The van der Waals surface area contributed by atoms with Crippen LogP contribution in [0.2, 0.25) is 0 Å². The molecule has 0 bridgehead atoms. The largest absolute Gasteiger partial charge is 0.496 e. The molecule has 116 valence electrons. The first-order valence-electron chi connectivity index (χ1n) is 7.07. The van der Waals surface area contributed by atoms with Gasteiger partial charge >= 0.3 is 5.97 Å². The molecule has 0 saturated carbocycles. The zero-order valence-electron chi connectivity index (χ0n) is 13.0. The fraction of sp³-hybridized carbons (Fsp3) is 0.294. The predicted molar refractivity (Wildman–Crippen MR) is 84.2 cm³/mol. The normalized spacial score (nSPS) is 12.0. The van der Waals surface area contributed by atoms with Crippen molar-refractivity contribution in [2.75, 3.05) is 7.11 Å². The van der Waals surface area contributed by atoms with Crippen molar-refractivity contribution in [1.29, 1.82) is 0 Å². The summed E-state index contributed by atoms with van der Waals surface area (Å²) in [5, 5.41) is 12.6. The molecule has 0 unspecified atom stereocenters. The highest BCUT2D eigenvalue weighted by Crippen LogP contribution is 2.23. The lowest BCUT2D eigenvalue weighted by molar-refractivity contribution is 0.0693. The van der Waals surface area contributed by atoms with E-state index in [1.54, 1.807) is 18.3 Å². The summed E-state index contributed by atoms with van der Waals surface area (Å²) >= 11 is 0. The first-order valence-corrected chi connectivity index (χ1v) is 7.07. The number of hydrogen-bond acceptors (Lipinski definition) is 4. The van der Waals surface area contributed by atoms with Crippen molar-refractivity contribution in [3.8, 4) is 5.75 Å². The SMILES string of the molecule is COc1ccc([C@H](C)NCc2cnccc2C)cc1C(=O)O. The molecule has 1 aromatic carbocycles. The van der Waals surface area contributed by atoms with E-state index in [1.807, 2.05) is 32.2 Å². The summed E-state index contributed by atoms with van der Waals surface area (Å²) in [6.45, 7) is 4.72. The topological polar surface area (TPSA) is 71.5 Å². The van der Waals surface area contributed by atoms with Crippen LogP contribution in [0.25, 0.3) is 0 Å². The molecule has 0 saturated heterocycles. The summed E-state index contributed by atoms with van der Waals surface area (Å²) in [6.07, 6.45) is 3.61. The van der Waals surface area contributed by atoms with Gasteiger partial charge in [-0.05, 0) is 48.7 Å². The Labute approximate surface area is 130 Å². The number of pyridine rings is 1. The van der Waals surface area contributed by atoms with Crippen LogP contribution in [-0.4, -0.2) is 23.2 Å². The second-order valence-electron chi connectivity index (χ2n) is 5.17. The number of carbonyl (C=O) groups is 1. The third-order valence-electron chi connectivity index (χ3n) is 3.70. The van der Waals surface area contributed by atoms with Gasteiger partial charge in [-0.25, -0.2) is 4.79 Å². The molecule has 1 heterocycles. The first kappa shape index (κ1) is 16.0. The van der Waals surface area contributed by atoms with Crippen LogP contribution in [0.1, 0.15) is 40.0 Å². The fourth-order valence-electron chi connectivity index (χ4n) is 2.22. The number of nitrogens with one attached hydrogen (secondary N) is 1. The molecule has 1 aromatic heterocycles. The van der Waals surface area contributed by atoms with Crippen molar-refractivity contribution in [1.82, 2.24) is 10.3 Å². The zero-order chi connectivity index (χ0) is 16.1. The first-order chi connectivity index (χ1) is 10.5. The van der Waals surface area contributed by atoms with Crippen molar-refractivity contribution in [2.45, 2.75) is 26.4 Å². The molecular weight excluding hydrogens is 280 g/mol. The third-order valence-corrected chi connectivity index (χ3v) is 3.70. The van der Waals surface area contributed by atoms with Crippen LogP contribution >= 0.6 is 0 Å². The fourth-order valence-corrected chi connectivity index (χ4v) is 2.22. The molecule has 0 radical (unpaired) electrons. The summed E-state index contributed by atoms with van der Waals surface area (Å²) in [7, 11) is 1.47. The summed E-state index contributed by atoms with van der Waals surface area (Å²) in [6, 6.07) is 7.20.